The van der Waals surface area contributed by atoms with Gasteiger partial charge in [-0.05, 0) is 5.41 Å². The Morgan fingerprint density at radius 2 is 1.43 bits per heavy atom. The van der Waals surface area contributed by atoms with Gasteiger partial charge in [-0.1, -0.05) is 85.6 Å². The Morgan fingerprint density at radius 3 is 1.96 bits per heavy atom. The molecule has 0 bridgehead atoms. The molecule has 0 aliphatic rings. The van der Waals surface area contributed by atoms with E-state index in [-0.39, 0.29) is 12.4 Å². The van der Waals surface area contributed by atoms with E-state index in [9.17, 15) is 0 Å². The second kappa shape index (κ2) is 7.86. The van der Waals surface area contributed by atoms with Crippen LogP contribution in [0.25, 0.3) is 28.7 Å². The van der Waals surface area contributed by atoms with Gasteiger partial charge >= 0.3 is 0 Å². The Hall–Kier alpha value is -2.23. The fourth-order valence-electron chi connectivity index (χ4n) is 2.41. The Kier molecular flexibility index (Phi) is 5.85. The number of benzene rings is 2. The van der Waals surface area contributed by atoms with Crippen molar-refractivity contribution in [3.8, 4) is 22.5 Å². The van der Waals surface area contributed by atoms with Crippen LogP contribution in [0.5, 0.6) is 0 Å². The molecule has 0 saturated carbocycles. The summed E-state index contributed by atoms with van der Waals surface area (Å²) < 4.78 is 2.02. The predicted molar refractivity (Wildman–Crippen MR) is 103 cm³/mol. The van der Waals surface area contributed by atoms with Gasteiger partial charge in [-0.25, -0.2) is 4.98 Å². The van der Waals surface area contributed by atoms with E-state index in [0.717, 1.165) is 27.7 Å². The van der Waals surface area contributed by atoms with E-state index in [2.05, 4.69) is 37.4 Å². The van der Waals surface area contributed by atoms with Crippen LogP contribution in [-0.4, -0.2) is 9.55 Å². The summed E-state index contributed by atoms with van der Waals surface area (Å²) in [6.07, 6.45) is 1.80. The first-order valence-electron chi connectivity index (χ1n) is 6.98. The highest BCUT2D eigenvalue weighted by Crippen LogP contribution is 2.36. The molecule has 0 unspecified atom stereocenters. The molecule has 1 heterocycles. The first-order valence-corrected chi connectivity index (χ1v) is 7.86. The van der Waals surface area contributed by atoms with E-state index in [0.29, 0.717) is 0 Å². The second-order valence-electron chi connectivity index (χ2n) is 4.66. The van der Waals surface area contributed by atoms with Crippen LogP contribution in [0.1, 0.15) is 0 Å². The lowest BCUT2D eigenvalue weighted by atomic mass is 10.0. The van der Waals surface area contributed by atoms with E-state index < -0.39 is 0 Å². The maximum atomic E-state index is 4.80. The summed E-state index contributed by atoms with van der Waals surface area (Å²) in [6, 6.07) is 20.5. The van der Waals surface area contributed by atoms with Crippen LogP contribution in [-0.2, 0) is 0 Å². The quantitative estimate of drug-likeness (QED) is 0.532. The molecule has 0 aliphatic carbocycles. The Bertz CT molecular complexity index is 795. The maximum Gasteiger partial charge on any atom is 0.177 e. The molecule has 0 fully saturated rings. The SMILES string of the molecule is C=CSc1nc(-c2ccccc2)c(-c2ccccc2)n1C=C.Cl. The zero-order valence-corrected chi connectivity index (χ0v) is 14.2. The van der Waals surface area contributed by atoms with Gasteiger partial charge in [0.2, 0.25) is 0 Å². The van der Waals surface area contributed by atoms with Crippen molar-refractivity contribution in [3.05, 3.63) is 79.2 Å². The predicted octanol–water partition coefficient (Wildman–Crippen LogP) is 5.98. The molecule has 2 nitrogen and oxygen atoms in total. The molecule has 0 atom stereocenters. The van der Waals surface area contributed by atoms with Crippen molar-refractivity contribution >= 4 is 30.4 Å². The summed E-state index contributed by atoms with van der Waals surface area (Å²) in [5, 5.41) is 2.65. The van der Waals surface area contributed by atoms with Crippen molar-refractivity contribution in [3.63, 3.8) is 0 Å². The zero-order chi connectivity index (χ0) is 15.4. The molecule has 1 aromatic heterocycles. The molecule has 0 amide bonds. The Balaban J connectivity index is 0.00000192. The van der Waals surface area contributed by atoms with Gasteiger partial charge in [-0.15, -0.1) is 12.4 Å². The maximum absolute atomic E-state index is 4.80. The molecule has 3 aromatic rings. The normalized spacial score (nSPS) is 9.91. The van der Waals surface area contributed by atoms with Crippen LogP contribution >= 0.6 is 24.2 Å². The van der Waals surface area contributed by atoms with Crippen molar-refractivity contribution in [2.45, 2.75) is 5.16 Å². The Labute approximate surface area is 147 Å². The second-order valence-corrected chi connectivity index (χ2v) is 5.59. The lowest BCUT2D eigenvalue weighted by Crippen LogP contribution is -1.92. The number of rotatable bonds is 5. The molecule has 4 heteroatoms. The van der Waals surface area contributed by atoms with E-state index >= 15 is 0 Å². The molecule has 116 valence electrons. The Morgan fingerprint density at radius 1 is 0.870 bits per heavy atom. The van der Waals surface area contributed by atoms with E-state index in [4.69, 9.17) is 4.98 Å². The number of aromatic nitrogens is 2. The molecule has 0 radical (unpaired) electrons. The molecule has 2 aromatic carbocycles. The number of hydrogen-bond acceptors (Lipinski definition) is 2. The molecular weight excluding hydrogens is 324 g/mol. The van der Waals surface area contributed by atoms with Crippen molar-refractivity contribution in [1.29, 1.82) is 0 Å². The summed E-state index contributed by atoms with van der Waals surface area (Å²) in [5.74, 6) is 0. The standard InChI is InChI=1S/C19H16N2S.ClH/c1-3-21-18(16-13-9-6-10-14-16)17(20-19(21)22-4-2)15-11-7-5-8-12-15;/h3-14H,1-2H2;1H. The lowest BCUT2D eigenvalue weighted by molar-refractivity contribution is 0.954. The summed E-state index contributed by atoms with van der Waals surface area (Å²) in [5.41, 5.74) is 4.21. The molecule has 0 aliphatic heterocycles. The number of halogens is 1. The molecule has 0 saturated heterocycles. The van der Waals surface area contributed by atoms with Crippen molar-refractivity contribution in [1.82, 2.24) is 9.55 Å². The van der Waals surface area contributed by atoms with Gasteiger partial charge in [-0.3, -0.25) is 4.57 Å². The third-order valence-corrected chi connectivity index (χ3v) is 4.01. The third kappa shape index (κ3) is 3.41. The fourth-order valence-corrected chi connectivity index (χ4v) is 2.98. The third-order valence-electron chi connectivity index (χ3n) is 3.34. The van der Waals surface area contributed by atoms with Crippen LogP contribution in [0, 0.1) is 0 Å². The number of imidazole rings is 1. The molecule has 0 spiro atoms. The van der Waals surface area contributed by atoms with Gasteiger partial charge in [0, 0.05) is 17.3 Å². The van der Waals surface area contributed by atoms with Gasteiger partial charge in [0.25, 0.3) is 0 Å². The largest absolute Gasteiger partial charge is 0.294 e. The summed E-state index contributed by atoms with van der Waals surface area (Å²) >= 11 is 1.50. The highest BCUT2D eigenvalue weighted by molar-refractivity contribution is 8.02. The van der Waals surface area contributed by atoms with Gasteiger partial charge in [0.05, 0.1) is 11.4 Å². The summed E-state index contributed by atoms with van der Waals surface area (Å²) in [7, 11) is 0. The van der Waals surface area contributed by atoms with E-state index in [1.807, 2.05) is 41.0 Å². The van der Waals surface area contributed by atoms with E-state index in [1.54, 1.807) is 11.6 Å². The van der Waals surface area contributed by atoms with Gasteiger partial charge in [-0.2, -0.15) is 0 Å². The summed E-state index contributed by atoms with van der Waals surface area (Å²) in [6.45, 7) is 7.73. The van der Waals surface area contributed by atoms with Crippen LogP contribution in [0.3, 0.4) is 0 Å². The topological polar surface area (TPSA) is 17.8 Å². The van der Waals surface area contributed by atoms with Crippen molar-refractivity contribution < 1.29 is 0 Å². The van der Waals surface area contributed by atoms with Gasteiger partial charge in [0.15, 0.2) is 5.16 Å². The van der Waals surface area contributed by atoms with Gasteiger partial charge in [0.1, 0.15) is 0 Å². The first-order chi connectivity index (χ1) is 10.8. The lowest BCUT2D eigenvalue weighted by Gasteiger charge is -2.07. The molecule has 0 N–H and O–H groups in total. The highest BCUT2D eigenvalue weighted by Gasteiger charge is 2.18. The van der Waals surface area contributed by atoms with Crippen molar-refractivity contribution in [2.24, 2.45) is 0 Å². The molecular formula is C19H17ClN2S. The smallest absolute Gasteiger partial charge is 0.177 e. The summed E-state index contributed by atoms with van der Waals surface area (Å²) in [4.78, 5) is 4.80. The molecule has 23 heavy (non-hydrogen) atoms. The van der Waals surface area contributed by atoms with Crippen LogP contribution in [0.4, 0.5) is 0 Å². The van der Waals surface area contributed by atoms with Gasteiger partial charge < -0.3 is 0 Å². The van der Waals surface area contributed by atoms with Crippen molar-refractivity contribution in [2.75, 3.05) is 0 Å². The average molecular weight is 341 g/mol. The molecule has 3 rings (SSSR count). The minimum atomic E-state index is 0. The van der Waals surface area contributed by atoms with Crippen LogP contribution in [0.15, 0.2) is 84.4 Å². The van der Waals surface area contributed by atoms with Crippen LogP contribution in [0.2, 0.25) is 0 Å². The minimum Gasteiger partial charge on any atom is -0.294 e. The first kappa shape index (κ1) is 17.1. The highest BCUT2D eigenvalue weighted by atomic mass is 35.5. The zero-order valence-electron chi connectivity index (χ0n) is 12.6. The monoisotopic (exact) mass is 340 g/mol. The number of nitrogens with zero attached hydrogens (tertiary/aromatic N) is 2. The van der Waals surface area contributed by atoms with Crippen LogP contribution < -0.4 is 0 Å². The minimum absolute atomic E-state index is 0. The average Bonchev–Trinajstić information content (AvgIpc) is 2.95. The van der Waals surface area contributed by atoms with E-state index in [1.165, 1.54) is 11.8 Å². The number of hydrogen-bond donors (Lipinski definition) is 0. The fraction of sp³-hybridized carbons (Fsp3) is 0. The number of thioether (sulfide) groups is 1.